The van der Waals surface area contributed by atoms with Crippen LogP contribution in [-0.2, 0) is 14.6 Å². The Hall–Kier alpha value is -2.71. The number of anilines is 1. The fraction of sp³-hybridized carbons (Fsp3) is 0.250. The highest BCUT2D eigenvalue weighted by Crippen LogP contribution is 2.35. The maximum atomic E-state index is 13.1. The van der Waals surface area contributed by atoms with Gasteiger partial charge in [-0.15, -0.1) is 0 Å². The first-order chi connectivity index (χ1) is 13.8. The number of methoxy groups -OCH3 is 2. The maximum absolute atomic E-state index is 13.1. The molecule has 0 saturated carbocycles. The lowest BCUT2D eigenvalue weighted by molar-refractivity contribution is -0.120. The number of hydrogen-bond acceptors (Lipinski definition) is 6. The first-order valence-electron chi connectivity index (χ1n) is 8.66. The van der Waals surface area contributed by atoms with Crippen LogP contribution in [0, 0.1) is 0 Å². The molecular weight excluding hydrogens is 418 g/mol. The number of rotatable bonds is 7. The molecule has 2 aromatic rings. The van der Waals surface area contributed by atoms with Crippen LogP contribution in [0.4, 0.5) is 5.69 Å². The molecule has 0 N–H and O–H groups in total. The zero-order valence-corrected chi connectivity index (χ0v) is 17.4. The molecule has 29 heavy (non-hydrogen) atoms. The van der Waals surface area contributed by atoms with E-state index < -0.39 is 21.8 Å². The van der Waals surface area contributed by atoms with Gasteiger partial charge in [-0.3, -0.25) is 9.69 Å². The van der Waals surface area contributed by atoms with E-state index in [1.54, 1.807) is 42.5 Å². The molecule has 7 nitrogen and oxygen atoms in total. The van der Waals surface area contributed by atoms with Gasteiger partial charge in [-0.25, -0.2) is 8.42 Å². The Labute approximate surface area is 174 Å². The third kappa shape index (κ3) is 5.02. The molecule has 0 fully saturated rings. The lowest BCUT2D eigenvalue weighted by Crippen LogP contribution is -2.43. The van der Waals surface area contributed by atoms with Gasteiger partial charge in [0.1, 0.15) is 17.2 Å². The van der Waals surface area contributed by atoms with Crippen molar-refractivity contribution in [2.75, 3.05) is 31.5 Å². The van der Waals surface area contributed by atoms with Crippen LogP contribution in [0.2, 0.25) is 5.02 Å². The van der Waals surface area contributed by atoms with Crippen LogP contribution >= 0.6 is 11.6 Å². The molecule has 9 heteroatoms. The Morgan fingerprint density at radius 3 is 2.38 bits per heavy atom. The highest BCUT2D eigenvalue weighted by molar-refractivity contribution is 7.94. The van der Waals surface area contributed by atoms with E-state index in [9.17, 15) is 13.2 Å². The van der Waals surface area contributed by atoms with E-state index in [-0.39, 0.29) is 12.4 Å². The van der Waals surface area contributed by atoms with E-state index >= 15 is 0 Å². The summed E-state index contributed by atoms with van der Waals surface area (Å²) >= 11 is 5.86. The Balaban J connectivity index is 1.90. The van der Waals surface area contributed by atoms with Crippen molar-refractivity contribution in [3.63, 3.8) is 0 Å². The smallest absolute Gasteiger partial charge is 0.265 e. The molecule has 2 aromatic carbocycles. The van der Waals surface area contributed by atoms with Gasteiger partial charge in [0.2, 0.25) is 0 Å². The number of benzene rings is 2. The van der Waals surface area contributed by atoms with Crippen LogP contribution in [0.5, 0.6) is 17.2 Å². The first kappa shape index (κ1) is 21.0. The molecule has 3 rings (SSSR count). The molecule has 1 heterocycles. The molecule has 0 spiro atoms. The lowest BCUT2D eigenvalue weighted by Gasteiger charge is -2.29. The maximum Gasteiger partial charge on any atom is 0.265 e. The molecular formula is C20H20ClNO6S. The summed E-state index contributed by atoms with van der Waals surface area (Å²) in [5.74, 6) is 0.760. The highest BCUT2D eigenvalue weighted by Gasteiger charge is 2.33. The van der Waals surface area contributed by atoms with Crippen LogP contribution in [-0.4, -0.2) is 46.9 Å². The standard InChI is InChI=1S/C20H20ClNO6S/c1-26-17-7-8-18(19(11-17)27-2)22(15-9-10-29(24,25)13-15)20(23)12-28-16-5-3-14(21)4-6-16/h3-11,15H,12-13H2,1-2H3/t15-/m0/s1. The summed E-state index contributed by atoms with van der Waals surface area (Å²) in [4.78, 5) is 14.4. The van der Waals surface area contributed by atoms with Crippen LogP contribution in [0.1, 0.15) is 0 Å². The van der Waals surface area contributed by atoms with E-state index in [4.69, 9.17) is 25.8 Å². The zero-order chi connectivity index (χ0) is 21.0. The number of ether oxygens (including phenoxy) is 3. The largest absolute Gasteiger partial charge is 0.497 e. The van der Waals surface area contributed by atoms with Crippen LogP contribution in [0.15, 0.2) is 53.9 Å². The van der Waals surface area contributed by atoms with Crippen molar-refractivity contribution in [1.29, 1.82) is 0 Å². The van der Waals surface area contributed by atoms with Crippen molar-refractivity contribution in [3.05, 3.63) is 59.0 Å². The average molecular weight is 438 g/mol. The van der Waals surface area contributed by atoms with Gasteiger partial charge in [0.15, 0.2) is 16.4 Å². The van der Waals surface area contributed by atoms with Gasteiger partial charge in [-0.05, 0) is 42.5 Å². The Morgan fingerprint density at radius 2 is 1.79 bits per heavy atom. The number of carbonyl (C=O) groups excluding carboxylic acids is 1. The SMILES string of the molecule is COc1ccc(N(C(=O)COc2ccc(Cl)cc2)[C@H]2C=CS(=O)(=O)C2)c(OC)c1. The summed E-state index contributed by atoms with van der Waals surface area (Å²) < 4.78 is 40.1. The molecule has 1 aliphatic heterocycles. The van der Waals surface area contributed by atoms with Crippen molar-refractivity contribution in [2.24, 2.45) is 0 Å². The molecule has 1 atom stereocenters. The van der Waals surface area contributed by atoms with E-state index in [1.807, 2.05) is 0 Å². The first-order valence-corrected chi connectivity index (χ1v) is 10.8. The van der Waals surface area contributed by atoms with Crippen LogP contribution in [0.3, 0.4) is 0 Å². The molecule has 154 valence electrons. The summed E-state index contributed by atoms with van der Waals surface area (Å²) in [6.45, 7) is -0.290. The van der Waals surface area contributed by atoms with E-state index in [1.165, 1.54) is 25.2 Å². The van der Waals surface area contributed by atoms with E-state index in [0.717, 1.165) is 5.41 Å². The summed E-state index contributed by atoms with van der Waals surface area (Å²) in [7, 11) is -0.400. The van der Waals surface area contributed by atoms with Crippen molar-refractivity contribution < 1.29 is 27.4 Å². The van der Waals surface area contributed by atoms with Crippen molar-refractivity contribution >= 4 is 33.0 Å². The number of amides is 1. The normalized spacial score (nSPS) is 17.0. The van der Waals surface area contributed by atoms with Crippen molar-refractivity contribution in [2.45, 2.75) is 6.04 Å². The molecule has 0 saturated heterocycles. The van der Waals surface area contributed by atoms with E-state index in [2.05, 4.69) is 0 Å². The minimum absolute atomic E-state index is 0.213. The molecule has 0 radical (unpaired) electrons. The lowest BCUT2D eigenvalue weighted by atomic mass is 10.2. The Kier molecular flexibility index (Phi) is 6.34. The van der Waals surface area contributed by atoms with Crippen molar-refractivity contribution in [3.8, 4) is 17.2 Å². The molecule has 1 aliphatic rings. The fourth-order valence-electron chi connectivity index (χ4n) is 2.95. The number of sulfone groups is 1. The Morgan fingerprint density at radius 1 is 1.10 bits per heavy atom. The Bertz CT molecular complexity index is 1020. The van der Waals surface area contributed by atoms with Gasteiger partial charge in [-0.2, -0.15) is 0 Å². The predicted octanol–water partition coefficient (Wildman–Crippen LogP) is 3.08. The van der Waals surface area contributed by atoms with E-state index in [0.29, 0.717) is 28.0 Å². The van der Waals surface area contributed by atoms with Gasteiger partial charge in [0.25, 0.3) is 5.91 Å². The predicted molar refractivity (Wildman–Crippen MR) is 111 cm³/mol. The summed E-state index contributed by atoms with van der Waals surface area (Å²) in [5.41, 5.74) is 0.421. The van der Waals surface area contributed by atoms with Crippen molar-refractivity contribution in [1.82, 2.24) is 0 Å². The molecule has 0 aromatic heterocycles. The topological polar surface area (TPSA) is 82.1 Å². The average Bonchev–Trinajstić information content (AvgIpc) is 3.07. The second-order valence-corrected chi connectivity index (χ2v) is 8.64. The minimum Gasteiger partial charge on any atom is -0.497 e. The number of nitrogens with zero attached hydrogens (tertiary/aromatic N) is 1. The molecule has 0 unspecified atom stereocenters. The summed E-state index contributed by atoms with van der Waals surface area (Å²) in [6, 6.07) is 10.9. The molecule has 0 bridgehead atoms. The minimum atomic E-state index is -3.38. The third-order valence-electron chi connectivity index (χ3n) is 4.33. The van der Waals surface area contributed by atoms with Gasteiger partial charge in [0.05, 0.1) is 31.7 Å². The highest BCUT2D eigenvalue weighted by atomic mass is 35.5. The van der Waals surface area contributed by atoms with Crippen LogP contribution in [0.25, 0.3) is 0 Å². The molecule has 0 aliphatic carbocycles. The fourth-order valence-corrected chi connectivity index (χ4v) is 4.34. The van der Waals surface area contributed by atoms with Gasteiger partial charge in [-0.1, -0.05) is 11.6 Å². The second-order valence-electron chi connectivity index (χ2n) is 6.27. The quantitative estimate of drug-likeness (QED) is 0.662. The third-order valence-corrected chi connectivity index (χ3v) is 5.96. The van der Waals surface area contributed by atoms with Gasteiger partial charge in [0, 0.05) is 16.5 Å². The number of carbonyl (C=O) groups is 1. The van der Waals surface area contributed by atoms with Gasteiger partial charge < -0.3 is 14.2 Å². The summed E-state index contributed by atoms with van der Waals surface area (Å²) in [6.07, 6.45) is 1.49. The second kappa shape index (κ2) is 8.75. The number of hydrogen-bond donors (Lipinski definition) is 0. The monoisotopic (exact) mass is 437 g/mol. The van der Waals surface area contributed by atoms with Gasteiger partial charge >= 0.3 is 0 Å². The summed E-state index contributed by atoms with van der Waals surface area (Å²) in [5, 5.41) is 1.67. The molecule has 1 amide bonds. The number of halogens is 1. The van der Waals surface area contributed by atoms with Crippen LogP contribution < -0.4 is 19.1 Å². The zero-order valence-electron chi connectivity index (χ0n) is 15.9.